The first-order chi connectivity index (χ1) is 10.3. The fraction of sp³-hybridized carbons (Fsp3) is 0.0588. The molecule has 0 fully saturated rings. The molecule has 0 unspecified atom stereocenters. The number of nitrogens with one attached hydrogen (secondary N) is 1. The molecule has 0 aliphatic rings. The number of aromatic nitrogens is 1. The molecule has 0 radical (unpaired) electrons. The molecule has 4 nitrogen and oxygen atoms in total. The molecule has 0 atom stereocenters. The number of hydrogen-bond acceptors (Lipinski definition) is 3. The van der Waals surface area contributed by atoms with E-state index in [1.807, 2.05) is 36.4 Å². The number of ether oxygens (including phenoxy) is 1. The van der Waals surface area contributed by atoms with Crippen molar-refractivity contribution < 1.29 is 4.74 Å². The molecule has 0 amide bonds. The summed E-state index contributed by atoms with van der Waals surface area (Å²) in [5.74, 6) is 1.26. The van der Waals surface area contributed by atoms with E-state index in [0.29, 0.717) is 28.1 Å². The summed E-state index contributed by atoms with van der Waals surface area (Å²) in [6.07, 6.45) is 0.158. The van der Waals surface area contributed by atoms with Gasteiger partial charge in [0.05, 0.1) is 18.0 Å². The lowest BCUT2D eigenvalue weighted by Gasteiger charge is -2.09. The van der Waals surface area contributed by atoms with E-state index < -0.39 is 0 Å². The van der Waals surface area contributed by atoms with Crippen molar-refractivity contribution in [2.75, 3.05) is 0 Å². The zero-order valence-electron chi connectivity index (χ0n) is 11.2. The fourth-order valence-corrected chi connectivity index (χ4v) is 2.18. The summed E-state index contributed by atoms with van der Waals surface area (Å²) in [6, 6.07) is 18.2. The van der Waals surface area contributed by atoms with Crippen LogP contribution in [0.4, 0.5) is 0 Å². The van der Waals surface area contributed by atoms with Crippen molar-refractivity contribution in [2.45, 2.75) is 6.42 Å². The van der Waals surface area contributed by atoms with Gasteiger partial charge < -0.3 is 9.72 Å². The zero-order chi connectivity index (χ0) is 14.7. The van der Waals surface area contributed by atoms with Crippen molar-refractivity contribution in [3.63, 3.8) is 0 Å². The minimum Gasteiger partial charge on any atom is -0.455 e. The number of rotatable bonds is 3. The highest BCUT2D eigenvalue weighted by Gasteiger charge is 2.08. The number of hydrogen-bond donors (Lipinski definition) is 1. The summed E-state index contributed by atoms with van der Waals surface area (Å²) < 4.78 is 5.83. The second-order valence-electron chi connectivity index (χ2n) is 4.59. The van der Waals surface area contributed by atoms with E-state index in [1.54, 1.807) is 18.2 Å². The number of pyridine rings is 1. The molecule has 0 saturated heterocycles. The monoisotopic (exact) mass is 276 g/mol. The second-order valence-corrected chi connectivity index (χ2v) is 4.59. The molecule has 4 heteroatoms. The first-order valence-corrected chi connectivity index (χ1v) is 6.53. The Morgan fingerprint density at radius 1 is 1.10 bits per heavy atom. The number of H-pyrrole nitrogens is 1. The van der Waals surface area contributed by atoms with Crippen LogP contribution in [0.2, 0.25) is 0 Å². The summed E-state index contributed by atoms with van der Waals surface area (Å²) in [5, 5.41) is 9.33. The zero-order valence-corrected chi connectivity index (χ0v) is 11.2. The van der Waals surface area contributed by atoms with Gasteiger partial charge in [-0.15, -0.1) is 0 Å². The highest BCUT2D eigenvalue weighted by Crippen LogP contribution is 2.27. The molecule has 2 aromatic carbocycles. The van der Waals surface area contributed by atoms with Gasteiger partial charge in [-0.3, -0.25) is 4.79 Å². The van der Waals surface area contributed by atoms with E-state index in [9.17, 15) is 4.79 Å². The van der Waals surface area contributed by atoms with Crippen LogP contribution in [0.5, 0.6) is 11.5 Å². The van der Waals surface area contributed by atoms with Crippen LogP contribution in [-0.2, 0) is 6.42 Å². The standard InChI is InChI=1S/C17H12N2O2/c18-10-9-12-11-15(20)14-7-4-8-16(17(14)19-12)21-13-5-2-1-3-6-13/h1-8,11H,9H2,(H,19,20). The fourth-order valence-electron chi connectivity index (χ4n) is 2.18. The van der Waals surface area contributed by atoms with Crippen molar-refractivity contribution in [1.82, 2.24) is 4.98 Å². The molecule has 0 saturated carbocycles. The molecule has 1 N–H and O–H groups in total. The molecule has 3 rings (SSSR count). The maximum atomic E-state index is 12.1. The Balaban J connectivity index is 2.14. The van der Waals surface area contributed by atoms with Gasteiger partial charge >= 0.3 is 0 Å². The van der Waals surface area contributed by atoms with Gasteiger partial charge in [0.25, 0.3) is 0 Å². The average molecular weight is 276 g/mol. The molecule has 21 heavy (non-hydrogen) atoms. The van der Waals surface area contributed by atoms with E-state index in [-0.39, 0.29) is 11.8 Å². The predicted octanol–water partition coefficient (Wildman–Crippen LogP) is 3.39. The highest BCUT2D eigenvalue weighted by molar-refractivity contribution is 5.84. The van der Waals surface area contributed by atoms with Crippen LogP contribution in [0.15, 0.2) is 59.4 Å². The third-order valence-electron chi connectivity index (χ3n) is 3.12. The van der Waals surface area contributed by atoms with Crippen LogP contribution in [0.3, 0.4) is 0 Å². The lowest BCUT2D eigenvalue weighted by molar-refractivity contribution is 0.487. The quantitative estimate of drug-likeness (QED) is 0.797. The van der Waals surface area contributed by atoms with Crippen LogP contribution in [0, 0.1) is 11.3 Å². The molecule has 0 aliphatic carbocycles. The van der Waals surface area contributed by atoms with Gasteiger partial charge in [0.15, 0.2) is 11.2 Å². The molecule has 102 valence electrons. The highest BCUT2D eigenvalue weighted by atomic mass is 16.5. The minimum atomic E-state index is -0.118. The van der Waals surface area contributed by atoms with Crippen LogP contribution < -0.4 is 10.2 Å². The van der Waals surface area contributed by atoms with Crippen molar-refractivity contribution in [2.24, 2.45) is 0 Å². The minimum absolute atomic E-state index is 0.118. The van der Waals surface area contributed by atoms with Gasteiger partial charge in [-0.1, -0.05) is 24.3 Å². The van der Waals surface area contributed by atoms with Crippen LogP contribution in [0.1, 0.15) is 5.69 Å². The van der Waals surface area contributed by atoms with Gasteiger partial charge in [0, 0.05) is 17.1 Å². The predicted molar refractivity (Wildman–Crippen MR) is 80.4 cm³/mol. The van der Waals surface area contributed by atoms with Crippen molar-refractivity contribution in [3.05, 3.63) is 70.5 Å². The number of nitrogens with zero attached hydrogens (tertiary/aromatic N) is 1. The Morgan fingerprint density at radius 3 is 2.67 bits per heavy atom. The number of para-hydroxylation sites is 2. The lowest BCUT2D eigenvalue weighted by atomic mass is 10.1. The molecule has 0 spiro atoms. The summed E-state index contributed by atoms with van der Waals surface area (Å²) in [5.41, 5.74) is 1.07. The number of nitriles is 1. The summed E-state index contributed by atoms with van der Waals surface area (Å²) in [6.45, 7) is 0. The van der Waals surface area contributed by atoms with E-state index in [0.717, 1.165) is 0 Å². The first-order valence-electron chi connectivity index (χ1n) is 6.53. The van der Waals surface area contributed by atoms with Crippen LogP contribution in [-0.4, -0.2) is 4.98 Å². The summed E-state index contributed by atoms with van der Waals surface area (Å²) in [7, 11) is 0. The topological polar surface area (TPSA) is 65.9 Å². The molecule has 1 aromatic heterocycles. The Labute approximate surface area is 121 Å². The van der Waals surface area contributed by atoms with E-state index in [4.69, 9.17) is 10.00 Å². The Bertz CT molecular complexity index is 877. The summed E-state index contributed by atoms with van der Waals surface area (Å²) in [4.78, 5) is 15.2. The molecule has 0 aliphatic heterocycles. The second kappa shape index (κ2) is 5.51. The van der Waals surface area contributed by atoms with E-state index >= 15 is 0 Å². The van der Waals surface area contributed by atoms with Crippen molar-refractivity contribution in [3.8, 4) is 17.6 Å². The van der Waals surface area contributed by atoms with E-state index in [1.165, 1.54) is 6.07 Å². The molecular formula is C17H12N2O2. The van der Waals surface area contributed by atoms with Gasteiger partial charge in [0.2, 0.25) is 0 Å². The molecule has 0 bridgehead atoms. The van der Waals surface area contributed by atoms with Crippen molar-refractivity contribution in [1.29, 1.82) is 5.26 Å². The SMILES string of the molecule is N#CCc1cc(=O)c2cccc(Oc3ccccc3)c2[nH]1. The number of benzene rings is 2. The Hall–Kier alpha value is -3.06. The first kappa shape index (κ1) is 12.9. The van der Waals surface area contributed by atoms with Gasteiger partial charge in [-0.05, 0) is 24.3 Å². The normalized spacial score (nSPS) is 10.2. The molecule has 3 aromatic rings. The smallest absolute Gasteiger partial charge is 0.189 e. The molecular weight excluding hydrogens is 264 g/mol. The largest absolute Gasteiger partial charge is 0.455 e. The van der Waals surface area contributed by atoms with Crippen molar-refractivity contribution >= 4 is 10.9 Å². The third kappa shape index (κ3) is 2.63. The molecule has 1 heterocycles. The third-order valence-corrected chi connectivity index (χ3v) is 3.12. The Morgan fingerprint density at radius 2 is 1.90 bits per heavy atom. The van der Waals surface area contributed by atoms with Gasteiger partial charge in [-0.2, -0.15) is 5.26 Å². The van der Waals surface area contributed by atoms with E-state index in [2.05, 4.69) is 4.98 Å². The number of aromatic amines is 1. The maximum absolute atomic E-state index is 12.1. The Kier molecular flexibility index (Phi) is 3.40. The van der Waals surface area contributed by atoms with Crippen LogP contribution in [0.25, 0.3) is 10.9 Å². The maximum Gasteiger partial charge on any atom is 0.189 e. The lowest BCUT2D eigenvalue weighted by Crippen LogP contribution is -2.05. The summed E-state index contributed by atoms with van der Waals surface area (Å²) >= 11 is 0. The van der Waals surface area contributed by atoms with Gasteiger partial charge in [0.1, 0.15) is 5.75 Å². The van der Waals surface area contributed by atoms with Crippen LogP contribution >= 0.6 is 0 Å². The number of fused-ring (bicyclic) bond motifs is 1. The van der Waals surface area contributed by atoms with Gasteiger partial charge in [-0.25, -0.2) is 0 Å². The average Bonchev–Trinajstić information content (AvgIpc) is 2.50.